The topological polar surface area (TPSA) is 23.6 Å². The van der Waals surface area contributed by atoms with Crippen molar-refractivity contribution in [2.24, 2.45) is 0 Å². The summed E-state index contributed by atoms with van der Waals surface area (Å²) >= 11 is 0. The second-order valence-corrected chi connectivity index (χ2v) is 5.45. The van der Waals surface area contributed by atoms with Crippen molar-refractivity contribution in [2.75, 3.05) is 26.2 Å². The fourth-order valence-corrected chi connectivity index (χ4v) is 2.66. The van der Waals surface area contributed by atoms with Crippen molar-refractivity contribution in [3.63, 3.8) is 0 Å². The Morgan fingerprint density at radius 3 is 2.32 bits per heavy atom. The van der Waals surface area contributed by atoms with Crippen LogP contribution < -0.4 is 0 Å². The first-order valence-electron chi connectivity index (χ1n) is 6.98. The molecule has 2 fully saturated rings. The van der Waals surface area contributed by atoms with Gasteiger partial charge in [0, 0.05) is 32.2 Å². The van der Waals surface area contributed by atoms with E-state index in [1.54, 1.807) is 12.1 Å². The van der Waals surface area contributed by atoms with Crippen LogP contribution in [0, 0.1) is 5.82 Å². The summed E-state index contributed by atoms with van der Waals surface area (Å²) in [4.78, 5) is 16.6. The molecule has 0 spiro atoms. The van der Waals surface area contributed by atoms with Gasteiger partial charge in [0.05, 0.1) is 6.42 Å². The normalized spacial score (nSPS) is 20.6. The monoisotopic (exact) mass is 262 g/mol. The largest absolute Gasteiger partial charge is 0.340 e. The molecule has 1 saturated carbocycles. The van der Waals surface area contributed by atoms with Gasteiger partial charge in [-0.05, 0) is 30.5 Å². The molecule has 0 unspecified atom stereocenters. The molecule has 0 radical (unpaired) electrons. The Labute approximate surface area is 113 Å². The van der Waals surface area contributed by atoms with Crippen molar-refractivity contribution in [1.29, 1.82) is 0 Å². The Kier molecular flexibility index (Phi) is 3.51. The summed E-state index contributed by atoms with van der Waals surface area (Å²) in [6.45, 7) is 3.66. The first-order valence-corrected chi connectivity index (χ1v) is 6.98. The van der Waals surface area contributed by atoms with Gasteiger partial charge in [-0.15, -0.1) is 0 Å². The zero-order valence-electron chi connectivity index (χ0n) is 11.0. The Bertz CT molecular complexity index is 448. The van der Waals surface area contributed by atoms with Crippen molar-refractivity contribution in [3.8, 4) is 0 Å². The highest BCUT2D eigenvalue weighted by Crippen LogP contribution is 2.27. The van der Waals surface area contributed by atoms with E-state index in [-0.39, 0.29) is 11.7 Å². The number of nitrogens with zero attached hydrogens (tertiary/aromatic N) is 2. The lowest BCUT2D eigenvalue weighted by atomic mass is 10.1. The van der Waals surface area contributed by atoms with Crippen LogP contribution in [-0.2, 0) is 11.2 Å². The van der Waals surface area contributed by atoms with Crippen molar-refractivity contribution >= 4 is 5.91 Å². The molecule has 0 bridgehead atoms. The first kappa shape index (κ1) is 12.6. The fraction of sp³-hybridized carbons (Fsp3) is 0.533. The number of rotatable bonds is 3. The molecule has 1 aliphatic carbocycles. The zero-order chi connectivity index (χ0) is 13.2. The number of amides is 1. The van der Waals surface area contributed by atoms with Gasteiger partial charge in [-0.1, -0.05) is 12.1 Å². The summed E-state index contributed by atoms with van der Waals surface area (Å²) in [7, 11) is 0. The van der Waals surface area contributed by atoms with Crippen LogP contribution in [0.4, 0.5) is 4.39 Å². The Hall–Kier alpha value is -1.42. The minimum Gasteiger partial charge on any atom is -0.340 e. The van der Waals surface area contributed by atoms with Gasteiger partial charge < -0.3 is 4.90 Å². The molecule has 102 valence electrons. The molecule has 0 aromatic heterocycles. The van der Waals surface area contributed by atoms with Crippen LogP contribution in [0.1, 0.15) is 18.4 Å². The number of carbonyl (C=O) groups is 1. The molecule has 19 heavy (non-hydrogen) atoms. The highest BCUT2D eigenvalue weighted by molar-refractivity contribution is 5.78. The zero-order valence-corrected chi connectivity index (χ0v) is 11.0. The third-order valence-corrected chi connectivity index (χ3v) is 4.00. The second kappa shape index (κ2) is 5.29. The average molecular weight is 262 g/mol. The van der Waals surface area contributed by atoms with Crippen LogP contribution in [-0.4, -0.2) is 47.9 Å². The van der Waals surface area contributed by atoms with Crippen LogP contribution in [0.5, 0.6) is 0 Å². The quantitative estimate of drug-likeness (QED) is 0.827. The molecule has 3 nitrogen and oxygen atoms in total. The van der Waals surface area contributed by atoms with Crippen molar-refractivity contribution in [1.82, 2.24) is 9.80 Å². The molecule has 0 atom stereocenters. The lowest BCUT2D eigenvalue weighted by molar-refractivity contribution is -0.132. The maximum absolute atomic E-state index is 12.8. The molecule has 0 N–H and O–H groups in total. The number of piperazine rings is 1. The molecule has 1 saturated heterocycles. The highest BCUT2D eigenvalue weighted by atomic mass is 19.1. The SMILES string of the molecule is O=C(Cc1ccc(F)cc1)N1CCN(C2CC2)CC1. The molecule has 1 heterocycles. The Morgan fingerprint density at radius 2 is 1.74 bits per heavy atom. The second-order valence-electron chi connectivity index (χ2n) is 5.45. The molecule has 1 aliphatic heterocycles. The minimum atomic E-state index is -0.255. The average Bonchev–Trinajstić information content (AvgIpc) is 3.26. The van der Waals surface area contributed by atoms with Crippen molar-refractivity contribution in [3.05, 3.63) is 35.6 Å². The number of halogens is 1. The van der Waals surface area contributed by atoms with Crippen LogP contribution in [0.25, 0.3) is 0 Å². The van der Waals surface area contributed by atoms with Gasteiger partial charge >= 0.3 is 0 Å². The maximum Gasteiger partial charge on any atom is 0.227 e. The Morgan fingerprint density at radius 1 is 1.11 bits per heavy atom. The predicted octanol–water partition coefficient (Wildman–Crippen LogP) is 1.67. The number of carbonyl (C=O) groups excluding carboxylic acids is 1. The minimum absolute atomic E-state index is 0.155. The third kappa shape index (κ3) is 3.13. The lowest BCUT2D eigenvalue weighted by Crippen LogP contribution is -2.49. The van der Waals surface area contributed by atoms with Gasteiger partial charge in [-0.3, -0.25) is 9.69 Å². The van der Waals surface area contributed by atoms with Crippen LogP contribution in [0.3, 0.4) is 0 Å². The van der Waals surface area contributed by atoms with E-state index in [1.165, 1.54) is 25.0 Å². The number of hydrogen-bond acceptors (Lipinski definition) is 2. The number of benzene rings is 1. The van der Waals surface area contributed by atoms with Crippen molar-refractivity contribution < 1.29 is 9.18 Å². The smallest absolute Gasteiger partial charge is 0.227 e. The third-order valence-electron chi connectivity index (χ3n) is 4.00. The van der Waals surface area contributed by atoms with Gasteiger partial charge in [0.2, 0.25) is 5.91 Å². The molecule has 1 aromatic carbocycles. The summed E-state index contributed by atoms with van der Waals surface area (Å²) in [5.41, 5.74) is 0.885. The molecular weight excluding hydrogens is 243 g/mol. The van der Waals surface area contributed by atoms with Crippen LogP contribution in [0.15, 0.2) is 24.3 Å². The van der Waals surface area contributed by atoms with E-state index >= 15 is 0 Å². The van der Waals surface area contributed by atoms with E-state index in [0.717, 1.165) is 37.8 Å². The molecule has 1 aromatic rings. The van der Waals surface area contributed by atoms with Gasteiger partial charge in [0.15, 0.2) is 0 Å². The van der Waals surface area contributed by atoms with E-state index < -0.39 is 0 Å². The number of hydrogen-bond donors (Lipinski definition) is 0. The summed E-state index contributed by atoms with van der Waals surface area (Å²) in [6.07, 6.45) is 3.02. The van der Waals surface area contributed by atoms with Crippen LogP contribution in [0.2, 0.25) is 0 Å². The summed E-state index contributed by atoms with van der Waals surface area (Å²) in [5.74, 6) is -0.101. The lowest BCUT2D eigenvalue weighted by Gasteiger charge is -2.34. The molecule has 4 heteroatoms. The standard InChI is InChI=1S/C15H19FN2O/c16-13-3-1-12(2-4-13)11-15(19)18-9-7-17(8-10-18)14-5-6-14/h1-4,14H,5-11H2. The van der Waals surface area contributed by atoms with Crippen LogP contribution >= 0.6 is 0 Å². The molecule has 2 aliphatic rings. The van der Waals surface area contributed by atoms with Crippen molar-refractivity contribution in [2.45, 2.75) is 25.3 Å². The van der Waals surface area contributed by atoms with Gasteiger partial charge in [0.1, 0.15) is 5.82 Å². The van der Waals surface area contributed by atoms with E-state index in [4.69, 9.17) is 0 Å². The summed E-state index contributed by atoms with van der Waals surface area (Å²) < 4.78 is 12.8. The first-order chi connectivity index (χ1) is 9.22. The summed E-state index contributed by atoms with van der Waals surface area (Å²) in [6, 6.07) is 6.98. The predicted molar refractivity (Wildman–Crippen MR) is 71.3 cm³/mol. The van der Waals surface area contributed by atoms with E-state index in [1.807, 2.05) is 4.90 Å². The molecule has 1 amide bonds. The van der Waals surface area contributed by atoms with E-state index in [0.29, 0.717) is 6.42 Å². The van der Waals surface area contributed by atoms with E-state index in [2.05, 4.69) is 4.90 Å². The molecule has 3 rings (SSSR count). The summed E-state index contributed by atoms with van der Waals surface area (Å²) in [5, 5.41) is 0. The maximum atomic E-state index is 12.8. The van der Waals surface area contributed by atoms with Gasteiger partial charge in [-0.2, -0.15) is 0 Å². The van der Waals surface area contributed by atoms with Gasteiger partial charge in [0.25, 0.3) is 0 Å². The van der Waals surface area contributed by atoms with Gasteiger partial charge in [-0.25, -0.2) is 4.39 Å². The fourth-order valence-electron chi connectivity index (χ4n) is 2.66. The Balaban J connectivity index is 1.51. The molecular formula is C15H19FN2O. The highest BCUT2D eigenvalue weighted by Gasteiger charge is 2.32. The van der Waals surface area contributed by atoms with E-state index in [9.17, 15) is 9.18 Å².